The van der Waals surface area contributed by atoms with E-state index in [1.807, 2.05) is 4.90 Å². The topological polar surface area (TPSA) is 49.8 Å². The van der Waals surface area contributed by atoms with Crippen molar-refractivity contribution in [3.8, 4) is 0 Å². The van der Waals surface area contributed by atoms with Crippen LogP contribution in [0.5, 0.6) is 0 Å². The summed E-state index contributed by atoms with van der Waals surface area (Å²) in [6.07, 6.45) is 2.45. The summed E-state index contributed by atoms with van der Waals surface area (Å²) in [7, 11) is 0. The van der Waals surface area contributed by atoms with E-state index in [0.717, 1.165) is 55.6 Å². The molecule has 0 unspecified atom stereocenters. The summed E-state index contributed by atoms with van der Waals surface area (Å²) >= 11 is 0. The molecule has 0 saturated carbocycles. The van der Waals surface area contributed by atoms with Crippen LogP contribution in [0.1, 0.15) is 24.0 Å². The van der Waals surface area contributed by atoms with E-state index in [0.29, 0.717) is 19.5 Å². The zero-order valence-electron chi connectivity index (χ0n) is 16.1. The number of benzene rings is 2. The van der Waals surface area contributed by atoms with E-state index in [9.17, 15) is 22.4 Å². The van der Waals surface area contributed by atoms with Crippen LogP contribution in [0.4, 0.5) is 17.6 Å². The zero-order valence-corrected chi connectivity index (χ0v) is 16.1. The van der Waals surface area contributed by atoms with Gasteiger partial charge in [0.05, 0.1) is 12.2 Å². The molecule has 2 aromatic rings. The lowest BCUT2D eigenvalue weighted by atomic mass is 9.98. The van der Waals surface area contributed by atoms with Crippen molar-refractivity contribution in [2.75, 3.05) is 26.2 Å². The standard InChI is InChI=1S/C22H21F4NO3/c23-15-3-5-20(25)17(10-15)19(18-11-16(24)4-6-21(18)26)13-30-9-8-27-7-1-2-14(12-27)22(28)29/h3-6,10-11,13-14H,1-2,7-9,12H2,(H,28,29)/t14-/m1/s1. The summed E-state index contributed by atoms with van der Waals surface area (Å²) in [5.41, 5.74) is -0.655. The lowest BCUT2D eigenvalue weighted by Crippen LogP contribution is -2.40. The summed E-state index contributed by atoms with van der Waals surface area (Å²) in [5.74, 6) is -4.37. The fraction of sp³-hybridized carbons (Fsp3) is 0.318. The van der Waals surface area contributed by atoms with Crippen molar-refractivity contribution in [1.29, 1.82) is 0 Å². The second-order valence-corrected chi connectivity index (χ2v) is 7.13. The highest BCUT2D eigenvalue weighted by Crippen LogP contribution is 2.29. The smallest absolute Gasteiger partial charge is 0.307 e. The molecular weight excluding hydrogens is 402 g/mol. The number of likely N-dealkylation sites (tertiary alicyclic amines) is 1. The summed E-state index contributed by atoms with van der Waals surface area (Å²) < 4.78 is 61.4. The Bertz CT molecular complexity index is 894. The average Bonchev–Trinajstić information content (AvgIpc) is 2.72. The first-order valence-electron chi connectivity index (χ1n) is 9.53. The maximum Gasteiger partial charge on any atom is 0.307 e. The summed E-state index contributed by atoms with van der Waals surface area (Å²) in [6.45, 7) is 1.64. The number of carboxylic acid groups (broad SMARTS) is 1. The van der Waals surface area contributed by atoms with Crippen molar-refractivity contribution in [3.05, 3.63) is 77.1 Å². The Morgan fingerprint density at radius 1 is 1.07 bits per heavy atom. The number of aliphatic carboxylic acids is 1. The first kappa shape index (κ1) is 21.8. The molecule has 160 valence electrons. The molecule has 3 rings (SSSR count). The second-order valence-electron chi connectivity index (χ2n) is 7.13. The van der Waals surface area contributed by atoms with Gasteiger partial charge in [0.15, 0.2) is 0 Å². The lowest BCUT2D eigenvalue weighted by Gasteiger charge is -2.30. The first-order valence-corrected chi connectivity index (χ1v) is 9.53. The van der Waals surface area contributed by atoms with Crippen LogP contribution in [0.15, 0.2) is 42.7 Å². The van der Waals surface area contributed by atoms with Crippen LogP contribution in [-0.4, -0.2) is 42.2 Å². The third-order valence-corrected chi connectivity index (χ3v) is 5.02. The second kappa shape index (κ2) is 9.75. The van der Waals surface area contributed by atoms with Gasteiger partial charge in [-0.15, -0.1) is 0 Å². The van der Waals surface area contributed by atoms with E-state index in [4.69, 9.17) is 9.84 Å². The number of rotatable bonds is 7. The molecule has 0 aliphatic carbocycles. The normalized spacial score (nSPS) is 16.9. The maximum absolute atomic E-state index is 14.3. The Kier molecular flexibility index (Phi) is 7.10. The van der Waals surface area contributed by atoms with E-state index in [2.05, 4.69) is 0 Å². The number of piperidine rings is 1. The fourth-order valence-corrected chi connectivity index (χ4v) is 3.46. The summed E-state index contributed by atoms with van der Waals surface area (Å²) in [6, 6.07) is 5.42. The van der Waals surface area contributed by atoms with Crippen LogP contribution in [0.2, 0.25) is 0 Å². The number of carboxylic acids is 1. The van der Waals surface area contributed by atoms with Gasteiger partial charge in [0.1, 0.15) is 29.9 Å². The van der Waals surface area contributed by atoms with Crippen molar-refractivity contribution < 1.29 is 32.2 Å². The van der Waals surface area contributed by atoms with Gasteiger partial charge in [0.2, 0.25) is 0 Å². The summed E-state index contributed by atoms with van der Waals surface area (Å²) in [4.78, 5) is 13.1. The van der Waals surface area contributed by atoms with Gasteiger partial charge in [-0.2, -0.15) is 0 Å². The molecular formula is C22H21F4NO3. The number of hydrogen-bond acceptors (Lipinski definition) is 3. The fourth-order valence-electron chi connectivity index (χ4n) is 3.46. The molecule has 0 amide bonds. The Balaban J connectivity index is 1.79. The molecule has 1 aliphatic heterocycles. The van der Waals surface area contributed by atoms with Crippen LogP contribution in [0, 0.1) is 29.2 Å². The molecule has 0 aromatic heterocycles. The number of nitrogens with zero attached hydrogens (tertiary/aromatic N) is 1. The molecule has 1 saturated heterocycles. The van der Waals surface area contributed by atoms with Gasteiger partial charge >= 0.3 is 5.97 Å². The van der Waals surface area contributed by atoms with E-state index in [1.165, 1.54) is 0 Å². The van der Waals surface area contributed by atoms with Gasteiger partial charge < -0.3 is 9.84 Å². The summed E-state index contributed by atoms with van der Waals surface area (Å²) in [5, 5.41) is 9.15. The minimum atomic E-state index is -0.842. The van der Waals surface area contributed by atoms with Crippen molar-refractivity contribution in [2.24, 2.45) is 5.92 Å². The molecule has 4 nitrogen and oxygen atoms in total. The Hall–Kier alpha value is -2.87. The molecule has 8 heteroatoms. The van der Waals surface area contributed by atoms with Gasteiger partial charge in [-0.05, 0) is 55.8 Å². The van der Waals surface area contributed by atoms with Crippen LogP contribution in [-0.2, 0) is 9.53 Å². The van der Waals surface area contributed by atoms with Gasteiger partial charge in [0.25, 0.3) is 0 Å². The monoisotopic (exact) mass is 423 g/mol. The number of carbonyl (C=O) groups is 1. The largest absolute Gasteiger partial charge is 0.499 e. The minimum absolute atomic E-state index is 0.115. The third-order valence-electron chi connectivity index (χ3n) is 5.02. The van der Waals surface area contributed by atoms with Crippen molar-refractivity contribution in [3.63, 3.8) is 0 Å². The van der Waals surface area contributed by atoms with Gasteiger partial charge in [0, 0.05) is 29.8 Å². The van der Waals surface area contributed by atoms with E-state index < -0.39 is 35.2 Å². The zero-order chi connectivity index (χ0) is 21.7. The van der Waals surface area contributed by atoms with Gasteiger partial charge in [-0.3, -0.25) is 9.69 Å². The van der Waals surface area contributed by atoms with Gasteiger partial charge in [-0.25, -0.2) is 17.6 Å². The molecule has 1 fully saturated rings. The first-order chi connectivity index (χ1) is 14.3. The third kappa shape index (κ3) is 5.38. The van der Waals surface area contributed by atoms with E-state index in [1.54, 1.807) is 0 Å². The van der Waals surface area contributed by atoms with Crippen LogP contribution in [0.3, 0.4) is 0 Å². The predicted molar refractivity (Wildman–Crippen MR) is 103 cm³/mol. The number of hydrogen-bond donors (Lipinski definition) is 1. The average molecular weight is 423 g/mol. The number of ether oxygens (including phenoxy) is 1. The molecule has 2 aromatic carbocycles. The molecule has 1 atom stereocenters. The molecule has 1 heterocycles. The highest BCUT2D eigenvalue weighted by molar-refractivity contribution is 5.79. The predicted octanol–water partition coefficient (Wildman–Crippen LogP) is 4.45. The van der Waals surface area contributed by atoms with Crippen molar-refractivity contribution in [1.82, 2.24) is 4.90 Å². The Labute approximate surface area is 171 Å². The Morgan fingerprint density at radius 2 is 1.67 bits per heavy atom. The van der Waals surface area contributed by atoms with E-state index >= 15 is 0 Å². The van der Waals surface area contributed by atoms with Crippen LogP contribution in [0.25, 0.3) is 5.57 Å². The molecule has 0 spiro atoms. The van der Waals surface area contributed by atoms with Crippen LogP contribution < -0.4 is 0 Å². The SMILES string of the molecule is O=C(O)[C@@H]1CCCN(CCOC=C(c2cc(F)ccc2F)c2cc(F)ccc2F)C1. The number of halogens is 4. The lowest BCUT2D eigenvalue weighted by molar-refractivity contribution is -0.143. The maximum atomic E-state index is 14.3. The molecule has 0 radical (unpaired) electrons. The van der Waals surface area contributed by atoms with Crippen molar-refractivity contribution in [2.45, 2.75) is 12.8 Å². The van der Waals surface area contributed by atoms with E-state index in [-0.39, 0.29) is 23.3 Å². The highest BCUT2D eigenvalue weighted by atomic mass is 19.1. The molecule has 30 heavy (non-hydrogen) atoms. The Morgan fingerprint density at radius 3 is 2.23 bits per heavy atom. The van der Waals surface area contributed by atoms with Crippen LogP contribution >= 0.6 is 0 Å². The molecule has 1 aliphatic rings. The minimum Gasteiger partial charge on any atom is -0.499 e. The molecule has 0 bridgehead atoms. The van der Waals surface area contributed by atoms with Gasteiger partial charge in [-0.1, -0.05) is 0 Å². The van der Waals surface area contributed by atoms with Crippen molar-refractivity contribution >= 4 is 11.5 Å². The molecule has 1 N–H and O–H groups in total. The highest BCUT2D eigenvalue weighted by Gasteiger charge is 2.25. The quantitative estimate of drug-likeness (QED) is 0.406.